The van der Waals surface area contributed by atoms with E-state index < -0.39 is 0 Å². The predicted octanol–water partition coefficient (Wildman–Crippen LogP) is 2.60. The zero-order valence-corrected chi connectivity index (χ0v) is 12.5. The Morgan fingerprint density at radius 2 is 2.38 bits per heavy atom. The van der Waals surface area contributed by atoms with Crippen molar-refractivity contribution in [3.8, 4) is 5.82 Å². The third-order valence-electron chi connectivity index (χ3n) is 3.98. The minimum absolute atomic E-state index is 0.446. The molecule has 3 heterocycles. The van der Waals surface area contributed by atoms with E-state index >= 15 is 0 Å². The average molecular weight is 285 g/mol. The number of hydrogen-bond donors (Lipinski definition) is 2. The number of anilines is 1. The van der Waals surface area contributed by atoms with E-state index in [1.165, 1.54) is 25.8 Å². The number of aromatic nitrogens is 3. The van der Waals surface area contributed by atoms with Crippen LogP contribution in [0.1, 0.15) is 32.6 Å². The zero-order chi connectivity index (χ0) is 14.5. The second-order valence-corrected chi connectivity index (χ2v) is 5.80. The monoisotopic (exact) mass is 285 g/mol. The van der Waals surface area contributed by atoms with Crippen LogP contribution in [0.3, 0.4) is 0 Å². The molecule has 1 aliphatic rings. The molecule has 2 N–H and O–H groups in total. The van der Waals surface area contributed by atoms with Crippen molar-refractivity contribution in [1.29, 1.82) is 0 Å². The lowest BCUT2D eigenvalue weighted by atomic mass is 9.99. The van der Waals surface area contributed by atoms with Crippen LogP contribution in [0.4, 0.5) is 5.69 Å². The lowest BCUT2D eigenvalue weighted by Crippen LogP contribution is -2.37. The summed E-state index contributed by atoms with van der Waals surface area (Å²) in [5.41, 5.74) is 1.07. The van der Waals surface area contributed by atoms with Crippen LogP contribution < -0.4 is 10.6 Å². The molecule has 0 aliphatic carbocycles. The van der Waals surface area contributed by atoms with Crippen LogP contribution in [-0.2, 0) is 0 Å². The lowest BCUT2D eigenvalue weighted by Gasteiger charge is -2.27. The van der Waals surface area contributed by atoms with Gasteiger partial charge in [0, 0.05) is 24.5 Å². The molecule has 0 bridgehead atoms. The first-order chi connectivity index (χ1) is 10.3. The van der Waals surface area contributed by atoms with Crippen molar-refractivity contribution in [2.75, 3.05) is 11.9 Å². The van der Waals surface area contributed by atoms with Gasteiger partial charge in [0.1, 0.15) is 12.1 Å². The van der Waals surface area contributed by atoms with E-state index in [9.17, 15) is 0 Å². The Balaban J connectivity index is 1.54. The van der Waals surface area contributed by atoms with Crippen LogP contribution in [0.15, 0.2) is 37.1 Å². The minimum Gasteiger partial charge on any atom is -0.381 e. The maximum atomic E-state index is 4.47. The highest BCUT2D eigenvalue weighted by Gasteiger charge is 2.15. The van der Waals surface area contributed by atoms with Crippen LogP contribution in [0, 0.1) is 0 Å². The van der Waals surface area contributed by atoms with Crippen LogP contribution in [0.25, 0.3) is 5.82 Å². The summed E-state index contributed by atoms with van der Waals surface area (Å²) in [7, 11) is 0. The highest BCUT2D eigenvalue weighted by molar-refractivity contribution is 5.44. The van der Waals surface area contributed by atoms with Crippen molar-refractivity contribution in [2.24, 2.45) is 0 Å². The van der Waals surface area contributed by atoms with Crippen molar-refractivity contribution in [1.82, 2.24) is 19.9 Å². The Labute approximate surface area is 125 Å². The van der Waals surface area contributed by atoms with Crippen LogP contribution >= 0.6 is 0 Å². The molecule has 112 valence electrons. The highest BCUT2D eigenvalue weighted by atomic mass is 15.1. The van der Waals surface area contributed by atoms with Gasteiger partial charge in [-0.2, -0.15) is 0 Å². The number of imidazole rings is 1. The Hall–Kier alpha value is -1.88. The summed E-state index contributed by atoms with van der Waals surface area (Å²) in [5.74, 6) is 0.889. The Morgan fingerprint density at radius 3 is 3.05 bits per heavy atom. The normalized spacial score (nSPS) is 20.1. The van der Waals surface area contributed by atoms with Crippen LogP contribution in [0.2, 0.25) is 0 Å². The third-order valence-corrected chi connectivity index (χ3v) is 3.98. The summed E-state index contributed by atoms with van der Waals surface area (Å²) in [4.78, 5) is 8.50. The second-order valence-electron chi connectivity index (χ2n) is 5.80. The van der Waals surface area contributed by atoms with Gasteiger partial charge < -0.3 is 10.6 Å². The number of nitrogens with one attached hydrogen (secondary N) is 2. The van der Waals surface area contributed by atoms with Gasteiger partial charge in [0.15, 0.2) is 0 Å². The van der Waals surface area contributed by atoms with E-state index in [1.54, 1.807) is 12.5 Å². The summed E-state index contributed by atoms with van der Waals surface area (Å²) >= 11 is 0. The Morgan fingerprint density at radius 1 is 1.43 bits per heavy atom. The molecule has 1 aliphatic heterocycles. The Bertz CT molecular complexity index is 528. The van der Waals surface area contributed by atoms with Crippen molar-refractivity contribution >= 4 is 5.69 Å². The van der Waals surface area contributed by atoms with Crippen LogP contribution in [0.5, 0.6) is 0 Å². The molecule has 3 rings (SSSR count). The molecule has 5 nitrogen and oxygen atoms in total. The SMILES string of the molecule is CC(CC1CCCCN1)Nc1ccc(-n2ccnc2)nc1. The molecule has 2 aromatic heterocycles. The van der Waals surface area contributed by atoms with Crippen molar-refractivity contribution < 1.29 is 0 Å². The molecule has 2 unspecified atom stereocenters. The molecular formula is C16H23N5. The van der Waals surface area contributed by atoms with E-state index in [0.717, 1.165) is 17.9 Å². The standard InChI is InChI=1S/C16H23N5/c1-13(10-14-4-2-3-7-18-14)20-15-5-6-16(19-11-15)21-9-8-17-12-21/h5-6,8-9,11-14,18,20H,2-4,7,10H2,1H3. The average Bonchev–Trinajstić information content (AvgIpc) is 3.03. The fraction of sp³-hybridized carbons (Fsp3) is 0.500. The van der Waals surface area contributed by atoms with Crippen molar-refractivity contribution in [3.63, 3.8) is 0 Å². The topological polar surface area (TPSA) is 54.8 Å². The molecule has 21 heavy (non-hydrogen) atoms. The van der Waals surface area contributed by atoms with E-state index in [2.05, 4.69) is 33.6 Å². The maximum Gasteiger partial charge on any atom is 0.137 e. The number of nitrogens with zero attached hydrogens (tertiary/aromatic N) is 3. The van der Waals surface area contributed by atoms with E-state index in [-0.39, 0.29) is 0 Å². The van der Waals surface area contributed by atoms with Gasteiger partial charge in [-0.3, -0.25) is 4.57 Å². The van der Waals surface area contributed by atoms with Crippen molar-refractivity contribution in [3.05, 3.63) is 37.1 Å². The van der Waals surface area contributed by atoms with Crippen LogP contribution in [-0.4, -0.2) is 33.2 Å². The number of pyridine rings is 1. The van der Waals surface area contributed by atoms with E-state index in [1.807, 2.05) is 23.0 Å². The molecule has 5 heteroatoms. The fourth-order valence-electron chi connectivity index (χ4n) is 2.91. The van der Waals surface area contributed by atoms with Gasteiger partial charge in [0.2, 0.25) is 0 Å². The Kier molecular flexibility index (Phi) is 4.50. The molecule has 2 atom stereocenters. The van der Waals surface area contributed by atoms with Gasteiger partial charge >= 0.3 is 0 Å². The summed E-state index contributed by atoms with van der Waals surface area (Å²) in [6.45, 7) is 3.40. The number of rotatable bonds is 5. The number of hydrogen-bond acceptors (Lipinski definition) is 4. The van der Waals surface area contributed by atoms with E-state index in [4.69, 9.17) is 0 Å². The fourth-order valence-corrected chi connectivity index (χ4v) is 2.91. The largest absolute Gasteiger partial charge is 0.381 e. The first-order valence-electron chi connectivity index (χ1n) is 7.75. The summed E-state index contributed by atoms with van der Waals surface area (Å²) in [6, 6.07) is 5.18. The molecule has 0 radical (unpaired) electrons. The summed E-state index contributed by atoms with van der Waals surface area (Å²) in [6.07, 6.45) is 12.4. The van der Waals surface area contributed by atoms with Gasteiger partial charge in [-0.15, -0.1) is 0 Å². The minimum atomic E-state index is 0.446. The molecular weight excluding hydrogens is 262 g/mol. The van der Waals surface area contributed by atoms with Gasteiger partial charge in [-0.25, -0.2) is 9.97 Å². The maximum absolute atomic E-state index is 4.47. The molecule has 1 saturated heterocycles. The van der Waals surface area contributed by atoms with Gasteiger partial charge in [0.25, 0.3) is 0 Å². The molecule has 0 spiro atoms. The molecule has 0 amide bonds. The van der Waals surface area contributed by atoms with Gasteiger partial charge in [-0.05, 0) is 44.9 Å². The lowest BCUT2D eigenvalue weighted by molar-refractivity contribution is 0.371. The zero-order valence-electron chi connectivity index (χ0n) is 12.5. The molecule has 2 aromatic rings. The van der Waals surface area contributed by atoms with Crippen molar-refractivity contribution in [2.45, 2.75) is 44.7 Å². The third kappa shape index (κ3) is 3.82. The quantitative estimate of drug-likeness (QED) is 0.886. The summed E-state index contributed by atoms with van der Waals surface area (Å²) in [5, 5.41) is 7.13. The first-order valence-corrected chi connectivity index (χ1v) is 7.75. The molecule has 0 saturated carbocycles. The summed E-state index contributed by atoms with van der Waals surface area (Å²) < 4.78 is 1.90. The van der Waals surface area contributed by atoms with Gasteiger partial charge in [0.05, 0.1) is 11.9 Å². The highest BCUT2D eigenvalue weighted by Crippen LogP contribution is 2.16. The van der Waals surface area contributed by atoms with E-state index in [0.29, 0.717) is 12.1 Å². The molecule has 1 fully saturated rings. The molecule has 0 aromatic carbocycles. The second kappa shape index (κ2) is 6.72. The predicted molar refractivity (Wildman–Crippen MR) is 84.7 cm³/mol. The van der Waals surface area contributed by atoms with Gasteiger partial charge in [-0.1, -0.05) is 6.42 Å². The number of piperidine rings is 1. The first kappa shape index (κ1) is 14.1. The smallest absolute Gasteiger partial charge is 0.137 e.